The molecule has 2 aromatic heterocycles. The molecule has 0 unspecified atom stereocenters. The van der Waals surface area contributed by atoms with Gasteiger partial charge in [-0.1, -0.05) is 19.1 Å². The van der Waals surface area contributed by atoms with Gasteiger partial charge < -0.3 is 14.4 Å². The van der Waals surface area contributed by atoms with Gasteiger partial charge in [0.15, 0.2) is 11.5 Å². The maximum absolute atomic E-state index is 12.5. The number of ketones is 1. The van der Waals surface area contributed by atoms with Crippen molar-refractivity contribution in [3.05, 3.63) is 71.6 Å². The molecule has 7 nitrogen and oxygen atoms in total. The van der Waals surface area contributed by atoms with E-state index in [-0.39, 0.29) is 17.4 Å². The highest BCUT2D eigenvalue weighted by Crippen LogP contribution is 2.18. The summed E-state index contributed by atoms with van der Waals surface area (Å²) in [7, 11) is 1.63. The number of aliphatic hydroxyl groups excluding tert-OH is 1. The lowest BCUT2D eigenvalue weighted by molar-refractivity contribution is 0.104. The average Bonchev–Trinajstić information content (AvgIpc) is 3.32. The zero-order chi connectivity index (χ0) is 18.5. The molecule has 3 aromatic rings. The quantitative estimate of drug-likeness (QED) is 0.387. The van der Waals surface area contributed by atoms with E-state index in [0.29, 0.717) is 18.5 Å². The van der Waals surface area contributed by atoms with Crippen LogP contribution in [0.25, 0.3) is 5.76 Å². The van der Waals surface area contributed by atoms with Crippen LogP contribution in [-0.4, -0.2) is 37.7 Å². The second-order valence-electron chi connectivity index (χ2n) is 5.79. The molecule has 26 heavy (non-hydrogen) atoms. The summed E-state index contributed by atoms with van der Waals surface area (Å²) in [5, 5.41) is 16.2. The Labute approximate surface area is 151 Å². The molecule has 0 radical (unpaired) electrons. The Hall–Kier alpha value is -3.35. The highest BCUT2D eigenvalue weighted by Gasteiger charge is 2.14. The Kier molecular flexibility index (Phi) is 5.17. The minimum atomic E-state index is -0.280. The lowest BCUT2D eigenvalue weighted by atomic mass is 10.1. The van der Waals surface area contributed by atoms with Gasteiger partial charge in [-0.3, -0.25) is 9.89 Å². The molecule has 0 saturated carbocycles. The number of H-pyrrole nitrogens is 1. The number of hydrogen-bond donors (Lipinski definition) is 2. The van der Waals surface area contributed by atoms with Gasteiger partial charge in [0.05, 0.1) is 7.11 Å². The van der Waals surface area contributed by atoms with Crippen LogP contribution in [0.15, 0.2) is 49.1 Å². The number of aryl methyl sites for hydroxylation is 1. The zero-order valence-corrected chi connectivity index (χ0v) is 14.6. The zero-order valence-electron chi connectivity index (χ0n) is 14.6. The van der Waals surface area contributed by atoms with Crippen LogP contribution >= 0.6 is 0 Å². The van der Waals surface area contributed by atoms with Crippen molar-refractivity contribution >= 4 is 11.5 Å². The number of carbonyl (C=O) groups excluding carboxylic acids is 1. The molecule has 0 bridgehead atoms. The van der Waals surface area contributed by atoms with E-state index in [1.165, 1.54) is 6.33 Å². The standard InChI is InChI=1S/C19H20N4O3/c1-3-14-10-23(9-13-4-6-15(26-2)7-5-13)11-16(14)17(24)8-18(25)19-20-12-21-22-19/h4-8,10-12,25H,3,9H2,1-2H3,(H,20,21,22). The lowest BCUT2D eigenvalue weighted by Gasteiger charge is -2.04. The van der Waals surface area contributed by atoms with E-state index in [4.69, 9.17) is 4.74 Å². The Balaban J connectivity index is 1.81. The lowest BCUT2D eigenvalue weighted by Crippen LogP contribution is -2.00. The van der Waals surface area contributed by atoms with Crippen LogP contribution in [0, 0.1) is 0 Å². The number of nitrogens with one attached hydrogen (secondary N) is 1. The number of hydrogen-bond acceptors (Lipinski definition) is 5. The highest BCUT2D eigenvalue weighted by molar-refractivity contribution is 6.08. The molecule has 0 aliphatic heterocycles. The molecular weight excluding hydrogens is 332 g/mol. The predicted molar refractivity (Wildman–Crippen MR) is 97.2 cm³/mol. The summed E-state index contributed by atoms with van der Waals surface area (Å²) in [6.07, 6.45) is 6.95. The molecule has 3 rings (SSSR count). The first-order valence-electron chi connectivity index (χ1n) is 8.23. The molecule has 0 fully saturated rings. The summed E-state index contributed by atoms with van der Waals surface area (Å²) in [6.45, 7) is 2.63. The van der Waals surface area contributed by atoms with Crippen LogP contribution in [-0.2, 0) is 13.0 Å². The molecule has 2 N–H and O–H groups in total. The molecular formula is C19H20N4O3. The van der Waals surface area contributed by atoms with Gasteiger partial charge in [0.2, 0.25) is 5.82 Å². The third-order valence-electron chi connectivity index (χ3n) is 4.05. The van der Waals surface area contributed by atoms with E-state index >= 15 is 0 Å². The molecule has 7 heteroatoms. The summed E-state index contributed by atoms with van der Waals surface area (Å²) < 4.78 is 7.13. The van der Waals surface area contributed by atoms with Crippen molar-refractivity contribution in [1.82, 2.24) is 19.7 Å². The largest absolute Gasteiger partial charge is 0.504 e. The fourth-order valence-corrected chi connectivity index (χ4v) is 2.69. The second kappa shape index (κ2) is 7.69. The second-order valence-corrected chi connectivity index (χ2v) is 5.79. The van der Waals surface area contributed by atoms with Crippen molar-refractivity contribution in [1.29, 1.82) is 0 Å². The van der Waals surface area contributed by atoms with Crippen LogP contribution < -0.4 is 4.74 Å². The number of benzene rings is 1. The Morgan fingerprint density at radius 1 is 1.31 bits per heavy atom. The Morgan fingerprint density at radius 3 is 2.69 bits per heavy atom. The molecule has 0 aliphatic rings. The summed E-state index contributed by atoms with van der Waals surface area (Å²) in [6, 6.07) is 7.79. The minimum Gasteiger partial charge on any atom is -0.504 e. The predicted octanol–water partition coefficient (Wildman–Crippen LogP) is 3.01. The van der Waals surface area contributed by atoms with Gasteiger partial charge in [-0.25, -0.2) is 4.98 Å². The number of ether oxygens (including phenoxy) is 1. The number of methoxy groups -OCH3 is 1. The molecule has 0 atom stereocenters. The van der Waals surface area contributed by atoms with E-state index in [9.17, 15) is 9.90 Å². The topological polar surface area (TPSA) is 93.0 Å². The molecule has 0 saturated heterocycles. The monoisotopic (exact) mass is 352 g/mol. The maximum Gasteiger partial charge on any atom is 0.215 e. The van der Waals surface area contributed by atoms with Crippen molar-refractivity contribution < 1.29 is 14.6 Å². The fourth-order valence-electron chi connectivity index (χ4n) is 2.69. The van der Waals surface area contributed by atoms with Crippen LogP contribution in [0.3, 0.4) is 0 Å². The number of nitrogens with zero attached hydrogens (tertiary/aromatic N) is 3. The van der Waals surface area contributed by atoms with Crippen molar-refractivity contribution in [2.75, 3.05) is 7.11 Å². The van der Waals surface area contributed by atoms with Crippen molar-refractivity contribution in [2.24, 2.45) is 0 Å². The van der Waals surface area contributed by atoms with E-state index in [1.807, 2.05) is 42.0 Å². The number of aromatic amines is 1. The SMILES string of the molecule is CCc1cn(Cc2ccc(OC)cc2)cc1C(=O)C=C(O)c1nc[nH]n1. The first-order valence-corrected chi connectivity index (χ1v) is 8.23. The van der Waals surface area contributed by atoms with Gasteiger partial charge in [0, 0.05) is 30.6 Å². The third kappa shape index (κ3) is 3.83. The molecule has 2 heterocycles. The van der Waals surface area contributed by atoms with Crippen molar-refractivity contribution in [2.45, 2.75) is 19.9 Å². The molecule has 0 amide bonds. The normalized spacial score (nSPS) is 11.5. The average molecular weight is 352 g/mol. The molecule has 134 valence electrons. The summed E-state index contributed by atoms with van der Waals surface area (Å²) in [5.74, 6) is 0.354. The number of aliphatic hydroxyl groups is 1. The van der Waals surface area contributed by atoms with Crippen LogP contribution in [0.5, 0.6) is 5.75 Å². The van der Waals surface area contributed by atoms with Gasteiger partial charge in [-0.15, -0.1) is 0 Å². The Bertz CT molecular complexity index is 909. The first-order chi connectivity index (χ1) is 12.6. The number of aromatic nitrogens is 4. The van der Waals surface area contributed by atoms with Gasteiger partial charge in [0.1, 0.15) is 12.1 Å². The fraction of sp³-hybridized carbons (Fsp3) is 0.211. The van der Waals surface area contributed by atoms with Gasteiger partial charge in [0.25, 0.3) is 0 Å². The van der Waals surface area contributed by atoms with Crippen molar-refractivity contribution in [3.63, 3.8) is 0 Å². The highest BCUT2D eigenvalue weighted by atomic mass is 16.5. The number of carbonyl (C=O) groups is 1. The summed E-state index contributed by atoms with van der Waals surface area (Å²) in [5.41, 5.74) is 2.58. The Morgan fingerprint density at radius 2 is 2.08 bits per heavy atom. The van der Waals surface area contributed by atoms with Crippen molar-refractivity contribution in [3.8, 4) is 5.75 Å². The third-order valence-corrected chi connectivity index (χ3v) is 4.05. The van der Waals surface area contributed by atoms with Gasteiger partial charge in [-0.05, 0) is 29.7 Å². The van der Waals surface area contributed by atoms with Gasteiger partial charge in [-0.2, -0.15) is 5.10 Å². The van der Waals surface area contributed by atoms with E-state index in [2.05, 4.69) is 15.2 Å². The summed E-state index contributed by atoms with van der Waals surface area (Å²) >= 11 is 0. The van der Waals surface area contributed by atoms with Crippen LogP contribution in [0.2, 0.25) is 0 Å². The number of rotatable bonds is 7. The first kappa shape index (κ1) is 17.5. The van der Waals surface area contributed by atoms with Crippen LogP contribution in [0.4, 0.5) is 0 Å². The smallest absolute Gasteiger partial charge is 0.215 e. The summed E-state index contributed by atoms with van der Waals surface area (Å²) in [4.78, 5) is 16.4. The minimum absolute atomic E-state index is 0.0917. The molecule has 0 spiro atoms. The molecule has 1 aromatic carbocycles. The maximum atomic E-state index is 12.5. The molecule has 0 aliphatic carbocycles. The van der Waals surface area contributed by atoms with E-state index < -0.39 is 0 Å². The van der Waals surface area contributed by atoms with E-state index in [1.54, 1.807) is 13.3 Å². The van der Waals surface area contributed by atoms with Gasteiger partial charge >= 0.3 is 0 Å². The van der Waals surface area contributed by atoms with E-state index in [0.717, 1.165) is 23.0 Å². The number of allylic oxidation sites excluding steroid dienone is 1. The van der Waals surface area contributed by atoms with Crippen LogP contribution in [0.1, 0.15) is 34.2 Å².